The predicted octanol–water partition coefficient (Wildman–Crippen LogP) is 3.49. The molecule has 1 fully saturated rings. The maximum absolute atomic E-state index is 13.5. The van der Waals surface area contributed by atoms with Gasteiger partial charge in [0.05, 0.1) is 18.9 Å². The maximum Gasteiger partial charge on any atom is 0.254 e. The van der Waals surface area contributed by atoms with Crippen molar-refractivity contribution < 1.29 is 18.4 Å². The number of nitrogens with one attached hydrogen (secondary N) is 1. The molecular formula is C20H24F2N4O2. The van der Waals surface area contributed by atoms with Crippen molar-refractivity contribution in [3.05, 3.63) is 53.1 Å². The van der Waals surface area contributed by atoms with Gasteiger partial charge in [-0.15, -0.1) is 0 Å². The van der Waals surface area contributed by atoms with Gasteiger partial charge in [-0.1, -0.05) is 31.5 Å². The molecule has 1 saturated carbocycles. The van der Waals surface area contributed by atoms with Crippen molar-refractivity contribution >= 4 is 17.8 Å². The fourth-order valence-corrected chi connectivity index (χ4v) is 2.70. The Kier molecular flexibility index (Phi) is 7.14. The van der Waals surface area contributed by atoms with E-state index in [-0.39, 0.29) is 24.3 Å². The zero-order valence-corrected chi connectivity index (χ0v) is 16.4. The fourth-order valence-electron chi connectivity index (χ4n) is 2.70. The Bertz CT molecular complexity index is 843. The predicted molar refractivity (Wildman–Crippen MR) is 102 cm³/mol. The molecule has 1 N–H and O–H groups in total. The highest BCUT2D eigenvalue weighted by Gasteiger charge is 2.41. The van der Waals surface area contributed by atoms with E-state index in [4.69, 9.17) is 0 Å². The zero-order chi connectivity index (χ0) is 20.8. The lowest BCUT2D eigenvalue weighted by Gasteiger charge is -2.19. The van der Waals surface area contributed by atoms with Crippen LogP contribution in [0.2, 0.25) is 0 Å². The molecule has 0 spiro atoms. The number of anilines is 1. The SMILES string of the molecule is CC.Cc1ccc(C(=O)N(C)CC(=O)Nc2ncc(F)cn2)c(C2C[C@H]2F)c1. The van der Waals surface area contributed by atoms with Crippen molar-refractivity contribution in [1.29, 1.82) is 0 Å². The van der Waals surface area contributed by atoms with E-state index in [2.05, 4.69) is 15.3 Å². The molecule has 8 heteroatoms. The Morgan fingerprint density at radius 2 is 1.86 bits per heavy atom. The lowest BCUT2D eigenvalue weighted by Crippen LogP contribution is -2.35. The average molecular weight is 390 g/mol. The molecular weight excluding hydrogens is 366 g/mol. The van der Waals surface area contributed by atoms with Crippen LogP contribution < -0.4 is 5.32 Å². The summed E-state index contributed by atoms with van der Waals surface area (Å²) in [5.74, 6) is -1.81. The second-order valence-corrected chi connectivity index (χ2v) is 6.38. The first-order valence-electron chi connectivity index (χ1n) is 9.12. The van der Waals surface area contributed by atoms with E-state index < -0.39 is 17.9 Å². The second kappa shape index (κ2) is 9.34. The van der Waals surface area contributed by atoms with E-state index in [1.807, 2.05) is 26.8 Å². The molecule has 0 saturated heterocycles. The number of carbonyl (C=O) groups is 2. The molecule has 1 aromatic carbocycles. The fraction of sp³-hybridized carbons (Fsp3) is 0.400. The highest BCUT2D eigenvalue weighted by Crippen LogP contribution is 2.45. The molecule has 2 aromatic rings. The molecule has 1 heterocycles. The van der Waals surface area contributed by atoms with Crippen LogP contribution in [-0.2, 0) is 4.79 Å². The summed E-state index contributed by atoms with van der Waals surface area (Å²) in [6.45, 7) is 5.64. The van der Waals surface area contributed by atoms with Crippen LogP contribution in [0, 0.1) is 12.7 Å². The molecule has 28 heavy (non-hydrogen) atoms. The third kappa shape index (κ3) is 5.31. The van der Waals surface area contributed by atoms with Gasteiger partial charge in [0.25, 0.3) is 5.91 Å². The van der Waals surface area contributed by atoms with E-state index in [0.717, 1.165) is 18.0 Å². The molecule has 2 atom stereocenters. The third-order valence-corrected chi connectivity index (χ3v) is 4.15. The Balaban J connectivity index is 0.00000136. The molecule has 0 radical (unpaired) electrons. The van der Waals surface area contributed by atoms with Crippen LogP contribution in [-0.4, -0.2) is 46.4 Å². The normalized spacial score (nSPS) is 17.2. The number of likely N-dealkylation sites (N-methyl/N-ethyl adjacent to an activating group) is 1. The molecule has 150 valence electrons. The minimum absolute atomic E-state index is 0.0495. The summed E-state index contributed by atoms with van der Waals surface area (Å²) in [6, 6.07) is 5.26. The van der Waals surface area contributed by atoms with Crippen LogP contribution in [0.5, 0.6) is 0 Å². The summed E-state index contributed by atoms with van der Waals surface area (Å²) in [6.07, 6.45) is 1.35. The molecule has 1 aromatic heterocycles. The Hall–Kier alpha value is -2.90. The summed E-state index contributed by atoms with van der Waals surface area (Å²) in [5.41, 5.74) is 2.02. The number of alkyl halides is 1. The lowest BCUT2D eigenvalue weighted by molar-refractivity contribution is -0.116. The van der Waals surface area contributed by atoms with Crippen molar-refractivity contribution in [3.63, 3.8) is 0 Å². The van der Waals surface area contributed by atoms with E-state index in [1.165, 1.54) is 11.9 Å². The quantitative estimate of drug-likeness (QED) is 0.848. The highest BCUT2D eigenvalue weighted by atomic mass is 19.1. The largest absolute Gasteiger partial charge is 0.332 e. The van der Waals surface area contributed by atoms with Crippen LogP contribution in [0.25, 0.3) is 0 Å². The second-order valence-electron chi connectivity index (χ2n) is 6.38. The van der Waals surface area contributed by atoms with E-state index in [9.17, 15) is 18.4 Å². The zero-order valence-electron chi connectivity index (χ0n) is 16.4. The van der Waals surface area contributed by atoms with Gasteiger partial charge in [0.15, 0.2) is 5.82 Å². The molecule has 0 bridgehead atoms. The standard InChI is InChI=1S/C18H18F2N4O2.C2H6/c1-10-3-4-12(13(5-10)14-6-15(14)20)17(26)24(2)9-16(25)23-18-21-7-11(19)8-22-18;1-2/h3-5,7-8,14-15H,6,9H2,1-2H3,(H,21,22,23,25);1-2H3/t14?,15-;/m1./s1. The van der Waals surface area contributed by atoms with Crippen LogP contribution in [0.15, 0.2) is 30.6 Å². The lowest BCUT2D eigenvalue weighted by atomic mass is 9.99. The van der Waals surface area contributed by atoms with Gasteiger partial charge in [-0.25, -0.2) is 18.7 Å². The van der Waals surface area contributed by atoms with Crippen molar-refractivity contribution in [2.75, 3.05) is 18.9 Å². The Labute approximate surface area is 163 Å². The number of hydrogen-bond donors (Lipinski definition) is 1. The smallest absolute Gasteiger partial charge is 0.254 e. The minimum Gasteiger partial charge on any atom is -0.332 e. The van der Waals surface area contributed by atoms with E-state index in [1.54, 1.807) is 12.1 Å². The number of hydrogen-bond acceptors (Lipinski definition) is 4. The Morgan fingerprint density at radius 3 is 2.43 bits per heavy atom. The van der Waals surface area contributed by atoms with Crippen LogP contribution >= 0.6 is 0 Å². The maximum atomic E-state index is 13.5. The van der Waals surface area contributed by atoms with Crippen LogP contribution in [0.4, 0.5) is 14.7 Å². The molecule has 2 amide bonds. The summed E-state index contributed by atoms with van der Waals surface area (Å²) >= 11 is 0. The van der Waals surface area contributed by atoms with Gasteiger partial charge in [0.2, 0.25) is 11.9 Å². The van der Waals surface area contributed by atoms with Crippen molar-refractivity contribution in [1.82, 2.24) is 14.9 Å². The summed E-state index contributed by atoms with van der Waals surface area (Å²) in [4.78, 5) is 33.2. The number of aryl methyl sites for hydroxylation is 1. The van der Waals surface area contributed by atoms with Gasteiger partial charge >= 0.3 is 0 Å². The average Bonchev–Trinajstić information content (AvgIpc) is 3.41. The van der Waals surface area contributed by atoms with Gasteiger partial charge in [0.1, 0.15) is 6.17 Å². The van der Waals surface area contributed by atoms with Gasteiger partial charge in [-0.3, -0.25) is 14.9 Å². The van der Waals surface area contributed by atoms with Crippen LogP contribution in [0.1, 0.15) is 47.7 Å². The third-order valence-electron chi connectivity index (χ3n) is 4.15. The molecule has 6 nitrogen and oxygen atoms in total. The van der Waals surface area contributed by atoms with Gasteiger partial charge in [-0.2, -0.15) is 0 Å². The number of aromatic nitrogens is 2. The first-order chi connectivity index (χ1) is 13.3. The van der Waals surface area contributed by atoms with Crippen molar-refractivity contribution in [2.45, 2.75) is 39.3 Å². The summed E-state index contributed by atoms with van der Waals surface area (Å²) in [5, 5.41) is 2.39. The van der Waals surface area contributed by atoms with E-state index >= 15 is 0 Å². The number of carbonyl (C=O) groups excluding carboxylic acids is 2. The molecule has 1 aliphatic carbocycles. The number of nitrogens with zero attached hydrogens (tertiary/aromatic N) is 3. The highest BCUT2D eigenvalue weighted by molar-refractivity contribution is 5.99. The van der Waals surface area contributed by atoms with Crippen molar-refractivity contribution in [2.24, 2.45) is 0 Å². The van der Waals surface area contributed by atoms with Gasteiger partial charge < -0.3 is 4.90 Å². The summed E-state index contributed by atoms with van der Waals surface area (Å²) < 4.78 is 26.3. The minimum atomic E-state index is -0.924. The number of benzene rings is 1. The molecule has 1 aliphatic rings. The number of halogens is 2. The summed E-state index contributed by atoms with van der Waals surface area (Å²) in [7, 11) is 1.48. The first-order valence-corrected chi connectivity index (χ1v) is 9.12. The van der Waals surface area contributed by atoms with Gasteiger partial charge in [0, 0.05) is 18.5 Å². The number of rotatable bonds is 5. The Morgan fingerprint density at radius 1 is 1.25 bits per heavy atom. The first kappa shape index (κ1) is 21.4. The number of amides is 2. The van der Waals surface area contributed by atoms with E-state index in [0.29, 0.717) is 17.5 Å². The van der Waals surface area contributed by atoms with Crippen LogP contribution in [0.3, 0.4) is 0 Å². The van der Waals surface area contributed by atoms with Crippen molar-refractivity contribution in [3.8, 4) is 0 Å². The monoisotopic (exact) mass is 390 g/mol. The molecule has 3 rings (SSSR count). The van der Waals surface area contributed by atoms with Gasteiger partial charge in [-0.05, 0) is 25.0 Å². The topological polar surface area (TPSA) is 75.2 Å². The molecule has 0 aliphatic heterocycles. The molecule has 1 unspecified atom stereocenters.